The lowest BCUT2D eigenvalue weighted by molar-refractivity contribution is -0.137. The normalized spacial score (nSPS) is 26.5. The van der Waals surface area contributed by atoms with E-state index < -0.39 is 11.9 Å². The molecule has 5 nitrogen and oxygen atoms in total. The number of rotatable bonds is 10. The SMILES string of the molecule is C=C(C(=O)O)c1ccc(-c2ccc(OCCCCC(=O)O)cc2)c(C23CC4CC(CC(C4)C2)C3)c1. The fourth-order valence-corrected chi connectivity index (χ4v) is 7.29. The Morgan fingerprint density at radius 2 is 1.54 bits per heavy atom. The van der Waals surface area contributed by atoms with Crippen LogP contribution in [0.2, 0.25) is 0 Å². The maximum atomic E-state index is 11.7. The van der Waals surface area contributed by atoms with E-state index >= 15 is 0 Å². The molecule has 0 unspecified atom stereocenters. The number of hydrogen-bond donors (Lipinski definition) is 2. The molecule has 2 N–H and O–H groups in total. The summed E-state index contributed by atoms with van der Waals surface area (Å²) in [5.74, 6) is 1.39. The van der Waals surface area contributed by atoms with Crippen molar-refractivity contribution < 1.29 is 24.5 Å². The molecule has 2 aromatic carbocycles. The van der Waals surface area contributed by atoms with E-state index in [9.17, 15) is 14.7 Å². The molecular weight excluding hydrogens is 440 g/mol. The first-order chi connectivity index (χ1) is 16.8. The van der Waals surface area contributed by atoms with E-state index in [-0.39, 0.29) is 17.4 Å². The molecule has 0 spiro atoms. The largest absolute Gasteiger partial charge is 0.494 e. The summed E-state index contributed by atoms with van der Waals surface area (Å²) in [6.45, 7) is 4.33. The van der Waals surface area contributed by atoms with Gasteiger partial charge < -0.3 is 14.9 Å². The lowest BCUT2D eigenvalue weighted by atomic mass is 9.47. The average molecular weight is 475 g/mol. The Morgan fingerprint density at radius 3 is 2.11 bits per heavy atom. The summed E-state index contributed by atoms with van der Waals surface area (Å²) in [4.78, 5) is 22.3. The Hall–Kier alpha value is -3.08. The molecule has 2 aromatic rings. The van der Waals surface area contributed by atoms with Gasteiger partial charge in [-0.25, -0.2) is 4.79 Å². The lowest BCUT2D eigenvalue weighted by Gasteiger charge is -2.57. The van der Waals surface area contributed by atoms with Gasteiger partial charge in [0.05, 0.1) is 12.2 Å². The van der Waals surface area contributed by atoms with Crippen molar-refractivity contribution >= 4 is 17.5 Å². The van der Waals surface area contributed by atoms with Crippen LogP contribution in [0.25, 0.3) is 16.7 Å². The van der Waals surface area contributed by atoms with Gasteiger partial charge in [0.1, 0.15) is 5.75 Å². The third-order valence-electron chi connectivity index (χ3n) is 8.45. The first-order valence-electron chi connectivity index (χ1n) is 12.8. The summed E-state index contributed by atoms with van der Waals surface area (Å²) in [5.41, 5.74) is 4.56. The fourth-order valence-electron chi connectivity index (χ4n) is 7.29. The minimum Gasteiger partial charge on any atom is -0.494 e. The molecular formula is C30H34O5. The molecule has 0 atom stereocenters. The molecule has 184 valence electrons. The second-order valence-electron chi connectivity index (χ2n) is 11.0. The molecule has 4 fully saturated rings. The number of carboxylic acids is 2. The Balaban J connectivity index is 1.42. The summed E-state index contributed by atoms with van der Waals surface area (Å²) in [5, 5.41) is 18.3. The van der Waals surface area contributed by atoms with Crippen LogP contribution in [0.5, 0.6) is 5.75 Å². The third-order valence-corrected chi connectivity index (χ3v) is 8.45. The van der Waals surface area contributed by atoms with Crippen molar-refractivity contribution in [1.29, 1.82) is 0 Å². The molecule has 0 radical (unpaired) electrons. The molecule has 5 heteroatoms. The van der Waals surface area contributed by atoms with Crippen molar-refractivity contribution in [2.24, 2.45) is 17.8 Å². The number of ether oxygens (including phenoxy) is 1. The van der Waals surface area contributed by atoms with E-state index in [1.165, 1.54) is 49.7 Å². The zero-order chi connectivity index (χ0) is 24.6. The number of carboxylic acid groups (broad SMARTS) is 2. The topological polar surface area (TPSA) is 83.8 Å². The molecule has 35 heavy (non-hydrogen) atoms. The third kappa shape index (κ3) is 4.86. The number of hydrogen-bond acceptors (Lipinski definition) is 3. The van der Waals surface area contributed by atoms with Crippen LogP contribution < -0.4 is 4.74 Å². The lowest BCUT2D eigenvalue weighted by Crippen LogP contribution is -2.48. The van der Waals surface area contributed by atoms with Crippen molar-refractivity contribution in [3.63, 3.8) is 0 Å². The van der Waals surface area contributed by atoms with Gasteiger partial charge in [0.15, 0.2) is 0 Å². The second-order valence-corrected chi connectivity index (χ2v) is 11.0. The zero-order valence-electron chi connectivity index (χ0n) is 20.2. The van der Waals surface area contributed by atoms with E-state index in [1.54, 1.807) is 0 Å². The zero-order valence-corrected chi connectivity index (χ0v) is 20.2. The number of benzene rings is 2. The van der Waals surface area contributed by atoms with Crippen molar-refractivity contribution in [3.8, 4) is 16.9 Å². The van der Waals surface area contributed by atoms with Crippen LogP contribution in [0.1, 0.15) is 68.9 Å². The van der Waals surface area contributed by atoms with Crippen molar-refractivity contribution in [3.05, 3.63) is 60.2 Å². The monoisotopic (exact) mass is 474 g/mol. The van der Waals surface area contributed by atoms with E-state index in [0.29, 0.717) is 25.0 Å². The van der Waals surface area contributed by atoms with Gasteiger partial charge in [-0.05, 0) is 115 Å². The van der Waals surface area contributed by atoms with Crippen LogP contribution in [0, 0.1) is 17.8 Å². The van der Waals surface area contributed by atoms with E-state index in [0.717, 1.165) is 29.1 Å². The van der Waals surface area contributed by atoms with Crippen molar-refractivity contribution in [1.82, 2.24) is 0 Å². The molecule has 4 bridgehead atoms. The smallest absolute Gasteiger partial charge is 0.335 e. The van der Waals surface area contributed by atoms with Crippen molar-refractivity contribution in [2.45, 2.75) is 63.2 Å². The van der Waals surface area contributed by atoms with E-state index in [2.05, 4.69) is 30.8 Å². The first-order valence-corrected chi connectivity index (χ1v) is 12.8. The molecule has 4 saturated carbocycles. The van der Waals surface area contributed by atoms with Crippen LogP contribution in [0.4, 0.5) is 0 Å². The van der Waals surface area contributed by atoms with Gasteiger partial charge in [0.25, 0.3) is 0 Å². The summed E-state index contributed by atoms with van der Waals surface area (Å²) >= 11 is 0. The van der Waals surface area contributed by atoms with Gasteiger partial charge >= 0.3 is 11.9 Å². The Labute approximate surface area is 206 Å². The predicted molar refractivity (Wildman–Crippen MR) is 135 cm³/mol. The highest BCUT2D eigenvalue weighted by Crippen LogP contribution is 2.62. The minimum absolute atomic E-state index is 0.123. The van der Waals surface area contributed by atoms with Gasteiger partial charge in [-0.15, -0.1) is 0 Å². The maximum absolute atomic E-state index is 11.7. The molecule has 4 aliphatic carbocycles. The molecule has 0 aliphatic heterocycles. The average Bonchev–Trinajstić information content (AvgIpc) is 2.82. The van der Waals surface area contributed by atoms with E-state index in [4.69, 9.17) is 9.84 Å². The highest BCUT2D eigenvalue weighted by Gasteiger charge is 2.52. The van der Waals surface area contributed by atoms with Crippen LogP contribution in [-0.2, 0) is 15.0 Å². The van der Waals surface area contributed by atoms with Gasteiger partial charge in [-0.2, -0.15) is 0 Å². The Kier molecular flexibility index (Phi) is 6.43. The summed E-state index contributed by atoms with van der Waals surface area (Å²) in [6, 6.07) is 14.2. The highest BCUT2D eigenvalue weighted by molar-refractivity contribution is 6.14. The van der Waals surface area contributed by atoms with Gasteiger partial charge in [-0.1, -0.05) is 30.8 Å². The van der Waals surface area contributed by atoms with E-state index in [1.807, 2.05) is 18.2 Å². The number of carbonyl (C=O) groups is 2. The number of unbranched alkanes of at least 4 members (excludes halogenated alkanes) is 1. The molecule has 0 heterocycles. The van der Waals surface area contributed by atoms with Crippen LogP contribution in [0.15, 0.2) is 49.0 Å². The summed E-state index contributed by atoms with van der Waals surface area (Å²) in [6.07, 6.45) is 9.15. The highest BCUT2D eigenvalue weighted by atomic mass is 16.5. The standard InChI is InChI=1S/C30H34O5/c1-19(29(33)34)24-7-10-26(23-5-8-25(9-6-23)35-11-3-2-4-28(31)32)27(15-24)30-16-20-12-21(17-30)14-22(13-20)18-30/h5-10,15,20-22H,1-4,11-14,16-18H2,(H,31,32)(H,33,34). The quantitative estimate of drug-likeness (QED) is 0.301. The van der Waals surface area contributed by atoms with Crippen LogP contribution in [-0.4, -0.2) is 28.8 Å². The maximum Gasteiger partial charge on any atom is 0.335 e. The molecule has 0 saturated heterocycles. The predicted octanol–water partition coefficient (Wildman–Crippen LogP) is 6.55. The summed E-state index contributed by atoms with van der Waals surface area (Å²) in [7, 11) is 0. The molecule has 0 aromatic heterocycles. The molecule has 6 rings (SSSR count). The van der Waals surface area contributed by atoms with Crippen LogP contribution in [0.3, 0.4) is 0 Å². The fraction of sp³-hybridized carbons (Fsp3) is 0.467. The molecule has 0 amide bonds. The second kappa shape index (κ2) is 9.52. The Bertz CT molecular complexity index is 1090. The van der Waals surface area contributed by atoms with Gasteiger partial charge in [0, 0.05) is 6.42 Å². The van der Waals surface area contributed by atoms with Crippen LogP contribution >= 0.6 is 0 Å². The molecule has 4 aliphatic rings. The van der Waals surface area contributed by atoms with Gasteiger partial charge in [0.2, 0.25) is 0 Å². The summed E-state index contributed by atoms with van der Waals surface area (Å²) < 4.78 is 5.82. The first kappa shape index (κ1) is 23.7. The Morgan fingerprint density at radius 1 is 0.914 bits per heavy atom. The van der Waals surface area contributed by atoms with Crippen molar-refractivity contribution in [2.75, 3.05) is 6.61 Å². The minimum atomic E-state index is -0.973. The number of aliphatic carboxylic acids is 2. The van der Waals surface area contributed by atoms with Gasteiger partial charge in [-0.3, -0.25) is 4.79 Å².